The molecular formula is C10H12INO4. The molecule has 1 saturated heterocycles. The number of aliphatic hydroxyl groups excluding tert-OH is 3. The van der Waals surface area contributed by atoms with Crippen LogP contribution in [0.25, 0.3) is 0 Å². The van der Waals surface area contributed by atoms with E-state index < -0.39 is 24.4 Å². The molecule has 2 heterocycles. The number of pyridine rings is 1. The van der Waals surface area contributed by atoms with E-state index in [4.69, 9.17) is 9.84 Å². The van der Waals surface area contributed by atoms with Crippen LogP contribution in [0.1, 0.15) is 11.7 Å². The van der Waals surface area contributed by atoms with E-state index in [2.05, 4.69) is 27.6 Å². The monoisotopic (exact) mass is 337 g/mol. The van der Waals surface area contributed by atoms with Crippen LogP contribution >= 0.6 is 22.6 Å². The topological polar surface area (TPSA) is 82.8 Å². The van der Waals surface area contributed by atoms with Gasteiger partial charge in [0.25, 0.3) is 0 Å². The van der Waals surface area contributed by atoms with Gasteiger partial charge in [-0.2, -0.15) is 0 Å². The highest BCUT2D eigenvalue weighted by Gasteiger charge is 2.43. The Bertz CT molecular complexity index is 376. The van der Waals surface area contributed by atoms with Crippen molar-refractivity contribution in [2.75, 3.05) is 6.61 Å². The van der Waals surface area contributed by atoms with Crippen molar-refractivity contribution in [1.29, 1.82) is 0 Å². The van der Waals surface area contributed by atoms with Crippen molar-refractivity contribution in [1.82, 2.24) is 4.98 Å². The van der Waals surface area contributed by atoms with Gasteiger partial charge in [-0.1, -0.05) is 0 Å². The standard InChI is InChI=1S/C10H12INO4/c11-6-1-5(2-12-3-6)10-9(15)8(14)7(4-13)16-10/h1-3,7-10,13-15H,4H2/t7-,8-,9-,10-/m1/s1. The van der Waals surface area contributed by atoms with Gasteiger partial charge in [-0.05, 0) is 28.7 Å². The third kappa shape index (κ3) is 2.21. The third-order valence-electron chi connectivity index (χ3n) is 2.60. The molecule has 0 aromatic carbocycles. The van der Waals surface area contributed by atoms with Crippen molar-refractivity contribution in [2.24, 2.45) is 0 Å². The fourth-order valence-electron chi connectivity index (χ4n) is 1.76. The van der Waals surface area contributed by atoms with Gasteiger partial charge in [0.15, 0.2) is 0 Å². The van der Waals surface area contributed by atoms with Gasteiger partial charge < -0.3 is 20.1 Å². The first-order chi connectivity index (χ1) is 7.63. The molecule has 0 aliphatic carbocycles. The van der Waals surface area contributed by atoms with Gasteiger partial charge in [0.2, 0.25) is 0 Å². The van der Waals surface area contributed by atoms with Crippen molar-refractivity contribution in [2.45, 2.75) is 24.4 Å². The Balaban J connectivity index is 2.23. The summed E-state index contributed by atoms with van der Waals surface area (Å²) < 4.78 is 6.31. The highest BCUT2D eigenvalue weighted by Crippen LogP contribution is 2.33. The number of hydrogen-bond acceptors (Lipinski definition) is 5. The quantitative estimate of drug-likeness (QED) is 0.654. The maximum Gasteiger partial charge on any atom is 0.113 e. The molecule has 88 valence electrons. The highest BCUT2D eigenvalue weighted by molar-refractivity contribution is 14.1. The summed E-state index contributed by atoms with van der Waals surface area (Å²) in [7, 11) is 0. The Morgan fingerprint density at radius 3 is 2.62 bits per heavy atom. The van der Waals surface area contributed by atoms with Crippen LogP contribution in [0.4, 0.5) is 0 Å². The summed E-state index contributed by atoms with van der Waals surface area (Å²) in [5.74, 6) is 0. The largest absolute Gasteiger partial charge is 0.394 e. The highest BCUT2D eigenvalue weighted by atomic mass is 127. The number of halogens is 1. The lowest BCUT2D eigenvalue weighted by Crippen LogP contribution is -2.32. The average Bonchev–Trinajstić information content (AvgIpc) is 2.56. The summed E-state index contributed by atoms with van der Waals surface area (Å²) in [4.78, 5) is 4.00. The molecule has 0 unspecified atom stereocenters. The van der Waals surface area contributed by atoms with Crippen molar-refractivity contribution in [3.05, 3.63) is 27.6 Å². The van der Waals surface area contributed by atoms with E-state index in [1.165, 1.54) is 0 Å². The van der Waals surface area contributed by atoms with Crippen LogP contribution in [0.2, 0.25) is 0 Å². The number of ether oxygens (including phenoxy) is 1. The summed E-state index contributed by atoms with van der Waals surface area (Å²) in [6, 6.07) is 1.83. The molecule has 1 aliphatic heterocycles. The minimum Gasteiger partial charge on any atom is -0.394 e. The Kier molecular flexibility index (Phi) is 3.75. The van der Waals surface area contributed by atoms with Gasteiger partial charge in [0.05, 0.1) is 6.61 Å². The minimum atomic E-state index is -1.06. The van der Waals surface area contributed by atoms with Gasteiger partial charge >= 0.3 is 0 Å². The second kappa shape index (κ2) is 4.92. The molecule has 0 spiro atoms. The van der Waals surface area contributed by atoms with Gasteiger partial charge in [-0.25, -0.2) is 0 Å². The zero-order chi connectivity index (χ0) is 11.7. The second-order valence-corrected chi connectivity index (χ2v) is 4.94. The van der Waals surface area contributed by atoms with E-state index in [1.54, 1.807) is 12.4 Å². The van der Waals surface area contributed by atoms with E-state index in [0.29, 0.717) is 5.56 Å². The van der Waals surface area contributed by atoms with Gasteiger partial charge in [0.1, 0.15) is 24.4 Å². The van der Waals surface area contributed by atoms with E-state index in [9.17, 15) is 10.2 Å². The fourth-order valence-corrected chi connectivity index (χ4v) is 2.28. The van der Waals surface area contributed by atoms with Crippen LogP contribution in [-0.4, -0.2) is 45.2 Å². The number of aliphatic hydroxyl groups is 3. The first kappa shape index (κ1) is 12.2. The summed E-state index contributed by atoms with van der Waals surface area (Å²) in [5, 5.41) is 28.3. The molecule has 4 atom stereocenters. The lowest BCUT2D eigenvalue weighted by Gasteiger charge is -2.14. The van der Waals surface area contributed by atoms with Crippen molar-refractivity contribution in [3.8, 4) is 0 Å². The van der Waals surface area contributed by atoms with E-state index in [-0.39, 0.29) is 6.61 Å². The minimum absolute atomic E-state index is 0.313. The number of aromatic nitrogens is 1. The molecule has 0 bridgehead atoms. The van der Waals surface area contributed by atoms with Crippen molar-refractivity contribution >= 4 is 22.6 Å². The first-order valence-corrected chi connectivity index (χ1v) is 5.94. The number of rotatable bonds is 2. The molecule has 1 fully saturated rings. The predicted molar refractivity (Wildman–Crippen MR) is 63.7 cm³/mol. The maximum atomic E-state index is 9.79. The van der Waals surface area contributed by atoms with Crippen LogP contribution in [0.5, 0.6) is 0 Å². The second-order valence-electron chi connectivity index (χ2n) is 3.70. The molecule has 0 saturated carbocycles. The molecular weight excluding hydrogens is 325 g/mol. The van der Waals surface area contributed by atoms with Crippen LogP contribution in [-0.2, 0) is 4.74 Å². The maximum absolute atomic E-state index is 9.79. The molecule has 5 nitrogen and oxygen atoms in total. The van der Waals surface area contributed by atoms with E-state index in [0.717, 1.165) is 3.57 Å². The molecule has 0 radical (unpaired) electrons. The van der Waals surface area contributed by atoms with Crippen LogP contribution in [0, 0.1) is 3.57 Å². The smallest absolute Gasteiger partial charge is 0.113 e. The first-order valence-electron chi connectivity index (χ1n) is 4.86. The fraction of sp³-hybridized carbons (Fsp3) is 0.500. The van der Waals surface area contributed by atoms with Crippen LogP contribution in [0.15, 0.2) is 18.5 Å². The summed E-state index contributed by atoms with van der Waals surface area (Å²) in [5.41, 5.74) is 0.703. The summed E-state index contributed by atoms with van der Waals surface area (Å²) >= 11 is 2.11. The molecule has 2 rings (SSSR count). The molecule has 1 aromatic rings. The van der Waals surface area contributed by atoms with E-state index in [1.807, 2.05) is 6.07 Å². The van der Waals surface area contributed by atoms with Crippen LogP contribution < -0.4 is 0 Å². The zero-order valence-electron chi connectivity index (χ0n) is 8.32. The normalized spacial score (nSPS) is 34.2. The van der Waals surface area contributed by atoms with Gasteiger partial charge in [-0.15, -0.1) is 0 Å². The number of nitrogens with zero attached hydrogens (tertiary/aromatic N) is 1. The van der Waals surface area contributed by atoms with Crippen molar-refractivity contribution < 1.29 is 20.1 Å². The average molecular weight is 337 g/mol. The third-order valence-corrected chi connectivity index (χ3v) is 3.19. The number of hydrogen-bond donors (Lipinski definition) is 3. The summed E-state index contributed by atoms with van der Waals surface area (Å²) in [6.07, 6.45) is -0.189. The molecule has 3 N–H and O–H groups in total. The Labute approximate surface area is 106 Å². The Morgan fingerprint density at radius 2 is 2.06 bits per heavy atom. The SMILES string of the molecule is OC[C@H]1O[C@H](c2cncc(I)c2)[C@H](O)[C@@H]1O. The van der Waals surface area contributed by atoms with Gasteiger partial charge in [-0.3, -0.25) is 4.98 Å². The molecule has 6 heteroatoms. The molecule has 0 amide bonds. The van der Waals surface area contributed by atoms with Gasteiger partial charge in [0, 0.05) is 21.5 Å². The molecule has 1 aromatic heterocycles. The lowest BCUT2D eigenvalue weighted by atomic mass is 10.0. The summed E-state index contributed by atoms with van der Waals surface area (Å²) in [6.45, 7) is -0.313. The van der Waals surface area contributed by atoms with Crippen molar-refractivity contribution in [3.63, 3.8) is 0 Å². The predicted octanol–water partition coefficient (Wildman–Crippen LogP) is -0.160. The Morgan fingerprint density at radius 1 is 1.31 bits per heavy atom. The van der Waals surface area contributed by atoms with E-state index >= 15 is 0 Å². The van der Waals surface area contributed by atoms with Crippen LogP contribution in [0.3, 0.4) is 0 Å². The molecule has 1 aliphatic rings. The zero-order valence-corrected chi connectivity index (χ0v) is 10.5. The Hall–Kier alpha value is -0.280. The molecule has 16 heavy (non-hydrogen) atoms. The lowest BCUT2D eigenvalue weighted by molar-refractivity contribution is -0.0228.